The number of benzene rings is 1. The van der Waals surface area contributed by atoms with E-state index in [9.17, 15) is 4.39 Å². The van der Waals surface area contributed by atoms with Crippen LogP contribution in [0, 0.1) is 11.7 Å². The molecule has 0 radical (unpaired) electrons. The van der Waals surface area contributed by atoms with Crippen LogP contribution in [0.5, 0.6) is 0 Å². The molecule has 0 amide bonds. The normalized spacial score (nSPS) is 27.2. The highest BCUT2D eigenvalue weighted by Crippen LogP contribution is 2.32. The molecule has 1 aromatic carbocycles. The van der Waals surface area contributed by atoms with Gasteiger partial charge in [0.15, 0.2) is 0 Å². The Balaban J connectivity index is 2.26. The maximum Gasteiger partial charge on any atom is 0.142 e. The summed E-state index contributed by atoms with van der Waals surface area (Å²) >= 11 is 5.67. The summed E-state index contributed by atoms with van der Waals surface area (Å²) in [6.45, 7) is 4.29. The third kappa shape index (κ3) is 2.16. The molecule has 1 fully saturated rings. The molecule has 3 heteroatoms. The molecule has 0 saturated carbocycles. The summed E-state index contributed by atoms with van der Waals surface area (Å²) in [5, 5.41) is 0.206. The number of nitrogens with zero attached hydrogens (tertiary/aromatic N) is 1. The number of halogens is 2. The molecule has 0 aromatic heterocycles. The van der Waals surface area contributed by atoms with Crippen LogP contribution in [0.4, 0.5) is 4.39 Å². The number of hydrogen-bond donors (Lipinski definition) is 0. The Morgan fingerprint density at radius 3 is 2.67 bits per heavy atom. The zero-order valence-corrected chi connectivity index (χ0v) is 9.76. The second-order valence-corrected chi connectivity index (χ2v) is 4.89. The molecule has 15 heavy (non-hydrogen) atoms. The van der Waals surface area contributed by atoms with Crippen LogP contribution < -0.4 is 0 Å². The average Bonchev–Trinajstić information content (AvgIpc) is 2.50. The Bertz CT molecular complexity index is 367. The molecule has 1 saturated heterocycles. The Morgan fingerprint density at radius 2 is 2.13 bits per heavy atom. The van der Waals surface area contributed by atoms with Gasteiger partial charge in [-0.1, -0.05) is 24.6 Å². The third-order valence-electron chi connectivity index (χ3n) is 3.17. The predicted octanol–water partition coefficient (Wildman–Crippen LogP) is 3.14. The van der Waals surface area contributed by atoms with Gasteiger partial charge in [0.25, 0.3) is 0 Å². The maximum absolute atomic E-state index is 13.3. The maximum atomic E-state index is 13.3. The van der Waals surface area contributed by atoms with Crippen LogP contribution in [-0.4, -0.2) is 25.0 Å². The van der Waals surface area contributed by atoms with Crippen LogP contribution in [0.3, 0.4) is 0 Å². The van der Waals surface area contributed by atoms with Gasteiger partial charge >= 0.3 is 0 Å². The fourth-order valence-electron chi connectivity index (χ4n) is 2.39. The van der Waals surface area contributed by atoms with Crippen molar-refractivity contribution in [2.75, 3.05) is 20.1 Å². The second-order valence-electron chi connectivity index (χ2n) is 4.48. The summed E-state index contributed by atoms with van der Waals surface area (Å²) < 4.78 is 13.3. The lowest BCUT2D eigenvalue weighted by Crippen LogP contribution is -2.13. The van der Waals surface area contributed by atoms with Gasteiger partial charge in [0.05, 0.1) is 5.02 Å². The molecule has 1 aliphatic rings. The van der Waals surface area contributed by atoms with Gasteiger partial charge < -0.3 is 4.90 Å². The molecule has 82 valence electrons. The van der Waals surface area contributed by atoms with Crippen molar-refractivity contribution in [1.82, 2.24) is 4.90 Å². The number of likely N-dealkylation sites (N-methyl/N-ethyl adjacent to an activating group) is 1. The molecule has 1 heterocycles. The highest BCUT2D eigenvalue weighted by atomic mass is 35.5. The zero-order chi connectivity index (χ0) is 11.0. The van der Waals surface area contributed by atoms with Gasteiger partial charge in [0.2, 0.25) is 0 Å². The van der Waals surface area contributed by atoms with Gasteiger partial charge in [-0.25, -0.2) is 4.39 Å². The molecule has 1 aliphatic heterocycles. The van der Waals surface area contributed by atoms with Gasteiger partial charge in [0, 0.05) is 19.0 Å². The van der Waals surface area contributed by atoms with E-state index in [0.717, 1.165) is 18.7 Å². The molecule has 2 atom stereocenters. The van der Waals surface area contributed by atoms with Crippen LogP contribution in [-0.2, 0) is 0 Å². The molecule has 0 N–H and O–H groups in total. The molecule has 0 bridgehead atoms. The first-order chi connectivity index (χ1) is 7.08. The highest BCUT2D eigenvalue weighted by molar-refractivity contribution is 6.30. The van der Waals surface area contributed by atoms with Crippen molar-refractivity contribution in [3.8, 4) is 0 Å². The van der Waals surface area contributed by atoms with Crippen molar-refractivity contribution in [2.45, 2.75) is 12.8 Å². The Kier molecular flexibility index (Phi) is 2.98. The smallest absolute Gasteiger partial charge is 0.142 e. The Morgan fingerprint density at radius 1 is 1.40 bits per heavy atom. The van der Waals surface area contributed by atoms with Crippen molar-refractivity contribution in [2.24, 2.45) is 5.92 Å². The van der Waals surface area contributed by atoms with Crippen molar-refractivity contribution >= 4 is 11.6 Å². The van der Waals surface area contributed by atoms with Gasteiger partial charge in [-0.2, -0.15) is 0 Å². The molecule has 2 rings (SSSR count). The van der Waals surface area contributed by atoms with Crippen LogP contribution in [0.2, 0.25) is 5.02 Å². The molecule has 0 unspecified atom stereocenters. The monoisotopic (exact) mass is 227 g/mol. The Labute approximate surface area is 94.8 Å². The zero-order valence-electron chi connectivity index (χ0n) is 9.00. The number of likely N-dealkylation sites (tertiary alicyclic amines) is 1. The SMILES string of the molecule is C[C@@H]1CN(C)C[C@H]1c1ccc(Cl)c(F)c1. The van der Waals surface area contributed by atoms with E-state index in [1.165, 1.54) is 0 Å². The first-order valence-corrected chi connectivity index (χ1v) is 5.59. The van der Waals surface area contributed by atoms with Crippen molar-refractivity contribution in [3.05, 3.63) is 34.6 Å². The lowest BCUT2D eigenvalue weighted by Gasteiger charge is -2.14. The minimum atomic E-state index is -0.309. The lowest BCUT2D eigenvalue weighted by molar-refractivity contribution is 0.401. The van der Waals surface area contributed by atoms with Gasteiger partial charge in [-0.3, -0.25) is 0 Å². The topological polar surface area (TPSA) is 3.24 Å². The number of hydrogen-bond acceptors (Lipinski definition) is 1. The predicted molar refractivity (Wildman–Crippen MR) is 60.8 cm³/mol. The average molecular weight is 228 g/mol. The summed E-state index contributed by atoms with van der Waals surface area (Å²) in [5.74, 6) is 0.702. The van der Waals surface area contributed by atoms with Gasteiger partial charge in [-0.15, -0.1) is 0 Å². The Hall–Kier alpha value is -0.600. The van der Waals surface area contributed by atoms with Crippen LogP contribution in [0.25, 0.3) is 0 Å². The third-order valence-corrected chi connectivity index (χ3v) is 3.47. The summed E-state index contributed by atoms with van der Waals surface area (Å²) in [4.78, 5) is 2.28. The molecule has 1 nitrogen and oxygen atoms in total. The van der Waals surface area contributed by atoms with E-state index < -0.39 is 0 Å². The fourth-order valence-corrected chi connectivity index (χ4v) is 2.50. The summed E-state index contributed by atoms with van der Waals surface area (Å²) in [5.41, 5.74) is 1.06. The van der Waals surface area contributed by atoms with E-state index in [-0.39, 0.29) is 10.8 Å². The summed E-state index contributed by atoms with van der Waals surface area (Å²) in [6.07, 6.45) is 0. The standard InChI is InChI=1S/C12H15ClFN/c1-8-6-15(2)7-10(8)9-3-4-11(13)12(14)5-9/h3-5,8,10H,6-7H2,1-2H3/t8-,10-/m1/s1. The largest absolute Gasteiger partial charge is 0.305 e. The minimum Gasteiger partial charge on any atom is -0.305 e. The van der Waals surface area contributed by atoms with Crippen molar-refractivity contribution < 1.29 is 4.39 Å². The minimum absolute atomic E-state index is 0.206. The van der Waals surface area contributed by atoms with Crippen molar-refractivity contribution in [3.63, 3.8) is 0 Å². The molecular weight excluding hydrogens is 213 g/mol. The molecule has 1 aromatic rings. The second kappa shape index (κ2) is 4.11. The molecule has 0 spiro atoms. The van der Waals surface area contributed by atoms with Crippen molar-refractivity contribution in [1.29, 1.82) is 0 Å². The number of rotatable bonds is 1. The highest BCUT2D eigenvalue weighted by Gasteiger charge is 2.28. The summed E-state index contributed by atoms with van der Waals surface area (Å²) in [7, 11) is 2.10. The quantitative estimate of drug-likeness (QED) is 0.713. The van der Waals surface area contributed by atoms with E-state index in [0.29, 0.717) is 11.8 Å². The van der Waals surface area contributed by atoms with E-state index in [4.69, 9.17) is 11.6 Å². The van der Waals surface area contributed by atoms with Gasteiger partial charge in [0.1, 0.15) is 5.82 Å². The van der Waals surface area contributed by atoms with Crippen LogP contribution >= 0.6 is 11.6 Å². The first-order valence-electron chi connectivity index (χ1n) is 5.21. The van der Waals surface area contributed by atoms with Gasteiger partial charge in [-0.05, 0) is 30.7 Å². The summed E-state index contributed by atoms with van der Waals surface area (Å²) in [6, 6.07) is 5.16. The molecular formula is C12H15ClFN. The van der Waals surface area contributed by atoms with E-state index in [1.807, 2.05) is 6.07 Å². The van der Waals surface area contributed by atoms with E-state index in [1.54, 1.807) is 12.1 Å². The van der Waals surface area contributed by atoms with E-state index >= 15 is 0 Å². The fraction of sp³-hybridized carbons (Fsp3) is 0.500. The van der Waals surface area contributed by atoms with Crippen LogP contribution in [0.1, 0.15) is 18.4 Å². The molecule has 0 aliphatic carbocycles. The van der Waals surface area contributed by atoms with E-state index in [2.05, 4.69) is 18.9 Å². The van der Waals surface area contributed by atoms with Crippen LogP contribution in [0.15, 0.2) is 18.2 Å². The first kappa shape index (κ1) is 10.9. The lowest BCUT2D eigenvalue weighted by atomic mass is 9.90.